The van der Waals surface area contributed by atoms with Gasteiger partial charge in [0.15, 0.2) is 6.10 Å². The third-order valence-electron chi connectivity index (χ3n) is 10.4. The van der Waals surface area contributed by atoms with Crippen LogP contribution in [0, 0.1) is 11.8 Å². The number of urea groups is 1. The van der Waals surface area contributed by atoms with Crippen molar-refractivity contribution < 1.29 is 19.1 Å². The minimum absolute atomic E-state index is 0.0234. The van der Waals surface area contributed by atoms with Gasteiger partial charge in [-0.2, -0.15) is 0 Å². The van der Waals surface area contributed by atoms with Crippen LogP contribution in [0.3, 0.4) is 0 Å². The Labute approximate surface area is 282 Å². The van der Waals surface area contributed by atoms with Crippen molar-refractivity contribution in [1.29, 1.82) is 0 Å². The zero-order chi connectivity index (χ0) is 32.2. The van der Waals surface area contributed by atoms with Gasteiger partial charge in [0.2, 0.25) is 0 Å². The Hall–Kier alpha value is -3.01. The summed E-state index contributed by atoms with van der Waals surface area (Å²) in [7, 11) is 2.18. The largest absolute Gasteiger partial charge is 0.436 e. The number of fused-ring (bicyclic) bond motifs is 1. The van der Waals surface area contributed by atoms with E-state index < -0.39 is 12.2 Å². The van der Waals surface area contributed by atoms with Gasteiger partial charge in [0.25, 0.3) is 5.91 Å². The highest BCUT2D eigenvalue weighted by atomic mass is 35.5. The van der Waals surface area contributed by atoms with Gasteiger partial charge in [0.05, 0.1) is 0 Å². The molecular weight excluding hydrogens is 625 g/mol. The lowest BCUT2D eigenvalue weighted by molar-refractivity contribution is -0.142. The number of hydrogen-bond acceptors (Lipinski definition) is 5. The van der Waals surface area contributed by atoms with Crippen LogP contribution in [0.15, 0.2) is 42.5 Å². The maximum absolute atomic E-state index is 13.9. The van der Waals surface area contributed by atoms with Crippen LogP contribution in [0.5, 0.6) is 0 Å². The van der Waals surface area contributed by atoms with Crippen molar-refractivity contribution in [1.82, 2.24) is 19.6 Å². The first-order valence-electron chi connectivity index (χ1n) is 16.8. The highest BCUT2D eigenvalue weighted by Crippen LogP contribution is 2.33. The molecule has 2 aromatic carbocycles. The van der Waals surface area contributed by atoms with Crippen LogP contribution >= 0.6 is 23.2 Å². The number of halogens is 2. The summed E-state index contributed by atoms with van der Waals surface area (Å²) in [6.07, 6.45) is 5.19. The smallest absolute Gasteiger partial charge is 0.410 e. The van der Waals surface area contributed by atoms with Gasteiger partial charge in [0, 0.05) is 60.9 Å². The molecular formula is C35H45Cl2N5O4. The minimum atomic E-state index is -0.977. The molecule has 0 radical (unpaired) electrons. The van der Waals surface area contributed by atoms with E-state index >= 15 is 0 Å². The zero-order valence-electron chi connectivity index (χ0n) is 26.6. The predicted octanol–water partition coefficient (Wildman–Crippen LogP) is 6.18. The summed E-state index contributed by atoms with van der Waals surface area (Å²) in [5.41, 5.74) is 2.73. The number of rotatable bonds is 6. The van der Waals surface area contributed by atoms with Crippen LogP contribution < -0.4 is 5.32 Å². The zero-order valence-corrected chi connectivity index (χ0v) is 28.1. The van der Waals surface area contributed by atoms with Crippen molar-refractivity contribution >= 4 is 46.9 Å². The van der Waals surface area contributed by atoms with E-state index in [0.29, 0.717) is 67.4 Å². The summed E-state index contributed by atoms with van der Waals surface area (Å²) in [5.74, 6) is 1.18. The molecule has 0 aliphatic carbocycles. The van der Waals surface area contributed by atoms with E-state index in [-0.39, 0.29) is 24.4 Å². The Morgan fingerprint density at radius 3 is 2.13 bits per heavy atom. The molecule has 0 aromatic heterocycles. The number of piperidine rings is 3. The fraction of sp³-hybridized carbons (Fsp3) is 0.571. The number of benzene rings is 2. The maximum atomic E-state index is 13.9. The highest BCUT2D eigenvalue weighted by Gasteiger charge is 2.37. The van der Waals surface area contributed by atoms with Gasteiger partial charge in [-0.05, 0) is 112 Å². The number of ether oxygens (including phenoxy) is 1. The molecule has 46 heavy (non-hydrogen) atoms. The molecule has 0 spiro atoms. The van der Waals surface area contributed by atoms with Crippen LogP contribution in [-0.4, -0.2) is 103 Å². The fourth-order valence-electron chi connectivity index (χ4n) is 7.71. The number of anilines is 1. The molecule has 0 saturated carbocycles. The fourth-order valence-corrected chi connectivity index (χ4v) is 8.28. The quantitative estimate of drug-likeness (QED) is 0.397. The number of para-hydroxylation sites is 1. The molecule has 11 heteroatoms. The molecule has 4 aliphatic rings. The van der Waals surface area contributed by atoms with E-state index in [1.807, 2.05) is 34.1 Å². The first-order chi connectivity index (χ1) is 22.2. The van der Waals surface area contributed by atoms with Gasteiger partial charge in [-0.25, -0.2) is 9.59 Å². The molecule has 9 nitrogen and oxygen atoms in total. The number of likely N-dealkylation sites (tertiary alicyclic amines) is 3. The molecule has 248 valence electrons. The monoisotopic (exact) mass is 669 g/mol. The van der Waals surface area contributed by atoms with Crippen molar-refractivity contribution in [3.05, 3.63) is 63.6 Å². The molecule has 1 N–H and O–H groups in total. The van der Waals surface area contributed by atoms with Gasteiger partial charge in [-0.3, -0.25) is 4.79 Å². The van der Waals surface area contributed by atoms with E-state index in [4.69, 9.17) is 27.9 Å². The normalized spacial score (nSPS) is 21.4. The Kier molecular flexibility index (Phi) is 10.6. The van der Waals surface area contributed by atoms with Crippen LogP contribution in [0.2, 0.25) is 10.0 Å². The first kappa shape index (κ1) is 32.9. The maximum Gasteiger partial charge on any atom is 0.410 e. The topological polar surface area (TPSA) is 85.4 Å². The average molecular weight is 671 g/mol. The van der Waals surface area contributed by atoms with Crippen molar-refractivity contribution in [2.75, 3.05) is 58.2 Å². The SMILES string of the molecule is CN1CCC(C2CCN(C(=O)[C@@H](Cc3cc(Cl)cc(Cl)c3)OC(=O)N3CCC(N4CCc5ccccc5NC4=O)CC3)CC2)CC1. The standard InChI is InChI=1S/C35H45Cl2N5O4/c1-39-13-6-25(7-14-39)26-8-15-40(16-9-26)33(43)32(22-24-20-28(36)23-29(37)21-24)46-35(45)41-17-11-30(12-18-41)42-19-10-27-4-2-3-5-31(27)38-34(42)44/h2-5,20-21,23,25-26,30,32H,6-19,22H2,1H3,(H,38,44)/t32-/m1/s1. The summed E-state index contributed by atoms with van der Waals surface area (Å²) in [6, 6.07) is 13.0. The molecule has 2 aromatic rings. The molecule has 3 saturated heterocycles. The molecule has 3 fully saturated rings. The van der Waals surface area contributed by atoms with Crippen LogP contribution in [-0.2, 0) is 22.4 Å². The van der Waals surface area contributed by atoms with E-state index in [9.17, 15) is 14.4 Å². The van der Waals surface area contributed by atoms with Crippen LogP contribution in [0.4, 0.5) is 15.3 Å². The Balaban J connectivity index is 1.07. The van der Waals surface area contributed by atoms with Crippen molar-refractivity contribution in [3.63, 3.8) is 0 Å². The second kappa shape index (κ2) is 14.8. The Bertz CT molecular complexity index is 1380. The number of nitrogens with one attached hydrogen (secondary N) is 1. The van der Waals surface area contributed by atoms with Crippen molar-refractivity contribution in [2.24, 2.45) is 11.8 Å². The molecule has 4 aliphatic heterocycles. The van der Waals surface area contributed by atoms with Crippen LogP contribution in [0.25, 0.3) is 0 Å². The summed E-state index contributed by atoms with van der Waals surface area (Å²) < 4.78 is 6.02. The van der Waals surface area contributed by atoms with Crippen molar-refractivity contribution in [2.45, 2.75) is 63.5 Å². The van der Waals surface area contributed by atoms with E-state index in [2.05, 4.69) is 17.3 Å². The molecule has 4 amide bonds. The second-order valence-corrected chi connectivity index (χ2v) is 14.3. The van der Waals surface area contributed by atoms with E-state index in [0.717, 1.165) is 49.2 Å². The number of carbonyl (C=O) groups is 3. The molecule has 4 heterocycles. The number of carbonyl (C=O) groups excluding carboxylic acids is 3. The molecule has 1 atom stereocenters. The number of amides is 4. The molecule has 0 bridgehead atoms. The average Bonchev–Trinajstić information content (AvgIpc) is 3.22. The van der Waals surface area contributed by atoms with Gasteiger partial charge in [-0.15, -0.1) is 0 Å². The minimum Gasteiger partial charge on any atom is -0.436 e. The van der Waals surface area contributed by atoms with E-state index in [1.54, 1.807) is 23.1 Å². The highest BCUT2D eigenvalue weighted by molar-refractivity contribution is 6.34. The summed E-state index contributed by atoms with van der Waals surface area (Å²) in [5, 5.41) is 3.99. The third-order valence-corrected chi connectivity index (χ3v) is 10.9. The van der Waals surface area contributed by atoms with Gasteiger partial charge in [-0.1, -0.05) is 41.4 Å². The first-order valence-corrected chi connectivity index (χ1v) is 17.5. The number of nitrogens with zero attached hydrogens (tertiary/aromatic N) is 4. The number of hydrogen-bond donors (Lipinski definition) is 1. The summed E-state index contributed by atoms with van der Waals surface area (Å²) >= 11 is 12.6. The lowest BCUT2D eigenvalue weighted by Gasteiger charge is -2.40. The third kappa shape index (κ3) is 7.92. The molecule has 6 rings (SSSR count). The lowest BCUT2D eigenvalue weighted by atomic mass is 9.79. The van der Waals surface area contributed by atoms with Gasteiger partial charge < -0.3 is 29.7 Å². The van der Waals surface area contributed by atoms with E-state index in [1.165, 1.54) is 12.8 Å². The lowest BCUT2D eigenvalue weighted by Crippen LogP contribution is -2.52. The predicted molar refractivity (Wildman–Crippen MR) is 180 cm³/mol. The van der Waals surface area contributed by atoms with Gasteiger partial charge in [0.1, 0.15) is 0 Å². The molecule has 0 unspecified atom stereocenters. The van der Waals surface area contributed by atoms with Gasteiger partial charge >= 0.3 is 12.1 Å². The second-order valence-electron chi connectivity index (χ2n) is 13.4. The van der Waals surface area contributed by atoms with Crippen molar-refractivity contribution in [3.8, 4) is 0 Å². The Morgan fingerprint density at radius 2 is 1.46 bits per heavy atom. The summed E-state index contributed by atoms with van der Waals surface area (Å²) in [6.45, 7) is 5.16. The summed E-state index contributed by atoms with van der Waals surface area (Å²) in [4.78, 5) is 48.4. The van der Waals surface area contributed by atoms with Crippen LogP contribution in [0.1, 0.15) is 49.7 Å². The Morgan fingerprint density at radius 1 is 0.848 bits per heavy atom.